The van der Waals surface area contributed by atoms with E-state index >= 15 is 0 Å². The monoisotopic (exact) mass is 227 g/mol. The van der Waals surface area contributed by atoms with Crippen molar-refractivity contribution in [3.8, 4) is 0 Å². The van der Waals surface area contributed by atoms with E-state index in [-0.39, 0.29) is 6.03 Å². The second-order valence-corrected chi connectivity index (χ2v) is 4.60. The summed E-state index contributed by atoms with van der Waals surface area (Å²) in [6.07, 6.45) is 4.62. The molecule has 1 atom stereocenters. The van der Waals surface area contributed by atoms with Gasteiger partial charge in [0.15, 0.2) is 0 Å². The standard InChI is InChI=1S/C11H21N3O2/c1-16-13-11(15)14-8-2-3-10(14)9-4-6-12-7-5-9/h9-10,12H,2-8H2,1H3,(H,13,15). The average Bonchev–Trinajstić information content (AvgIpc) is 2.79. The van der Waals surface area contributed by atoms with E-state index in [1.54, 1.807) is 0 Å². The van der Waals surface area contributed by atoms with E-state index in [2.05, 4.69) is 10.8 Å². The van der Waals surface area contributed by atoms with Crippen LogP contribution in [0.4, 0.5) is 4.79 Å². The highest BCUT2D eigenvalue weighted by Crippen LogP contribution is 2.29. The van der Waals surface area contributed by atoms with E-state index in [1.807, 2.05) is 4.90 Å². The lowest BCUT2D eigenvalue weighted by atomic mass is 9.89. The van der Waals surface area contributed by atoms with Crippen molar-refractivity contribution >= 4 is 6.03 Å². The van der Waals surface area contributed by atoms with Crippen molar-refractivity contribution in [2.75, 3.05) is 26.7 Å². The Kier molecular flexibility index (Phi) is 4.01. The van der Waals surface area contributed by atoms with Gasteiger partial charge in [-0.1, -0.05) is 0 Å². The molecule has 0 bridgehead atoms. The fourth-order valence-electron chi connectivity index (χ4n) is 2.91. The molecule has 2 amide bonds. The zero-order valence-corrected chi connectivity index (χ0v) is 9.87. The van der Waals surface area contributed by atoms with E-state index in [1.165, 1.54) is 20.0 Å². The van der Waals surface area contributed by atoms with Crippen molar-refractivity contribution in [1.29, 1.82) is 0 Å². The third kappa shape index (κ3) is 2.47. The third-order valence-corrected chi connectivity index (χ3v) is 3.68. The van der Waals surface area contributed by atoms with Gasteiger partial charge in [0.25, 0.3) is 0 Å². The summed E-state index contributed by atoms with van der Waals surface area (Å²) in [6.45, 7) is 3.03. The van der Waals surface area contributed by atoms with Gasteiger partial charge in [0.2, 0.25) is 0 Å². The summed E-state index contributed by atoms with van der Waals surface area (Å²) < 4.78 is 0. The summed E-state index contributed by atoms with van der Waals surface area (Å²) in [5.41, 5.74) is 2.43. The molecule has 2 rings (SSSR count). The van der Waals surface area contributed by atoms with Crippen LogP contribution in [0, 0.1) is 5.92 Å². The van der Waals surface area contributed by atoms with Crippen LogP contribution < -0.4 is 10.8 Å². The molecule has 2 heterocycles. The number of amides is 2. The van der Waals surface area contributed by atoms with Crippen LogP contribution in [-0.2, 0) is 4.84 Å². The van der Waals surface area contributed by atoms with Gasteiger partial charge in [0.1, 0.15) is 0 Å². The van der Waals surface area contributed by atoms with Gasteiger partial charge in [-0.05, 0) is 44.7 Å². The highest BCUT2D eigenvalue weighted by atomic mass is 16.6. The minimum atomic E-state index is -0.0801. The summed E-state index contributed by atoms with van der Waals surface area (Å²) in [5.74, 6) is 0.659. The summed E-state index contributed by atoms with van der Waals surface area (Å²) in [7, 11) is 1.48. The van der Waals surface area contributed by atoms with Crippen LogP contribution >= 0.6 is 0 Å². The number of carbonyl (C=O) groups is 1. The van der Waals surface area contributed by atoms with Crippen molar-refractivity contribution < 1.29 is 9.63 Å². The lowest BCUT2D eigenvalue weighted by Crippen LogP contribution is -2.47. The zero-order chi connectivity index (χ0) is 11.4. The predicted molar refractivity (Wildman–Crippen MR) is 60.9 cm³/mol. The highest BCUT2D eigenvalue weighted by Gasteiger charge is 2.35. The van der Waals surface area contributed by atoms with Crippen molar-refractivity contribution in [2.45, 2.75) is 31.7 Å². The molecule has 5 heteroatoms. The zero-order valence-electron chi connectivity index (χ0n) is 9.87. The van der Waals surface area contributed by atoms with Crippen LogP contribution in [0.2, 0.25) is 0 Å². The Labute approximate surface area is 96.5 Å². The maximum atomic E-state index is 11.8. The molecule has 2 fully saturated rings. The van der Waals surface area contributed by atoms with Gasteiger partial charge >= 0.3 is 6.03 Å². The number of hydrogen-bond acceptors (Lipinski definition) is 3. The molecular weight excluding hydrogens is 206 g/mol. The molecule has 1 unspecified atom stereocenters. The lowest BCUT2D eigenvalue weighted by molar-refractivity contribution is 0.0763. The number of nitrogens with zero attached hydrogens (tertiary/aromatic N) is 1. The molecule has 0 aromatic rings. The molecule has 5 nitrogen and oxygen atoms in total. The Morgan fingerprint density at radius 1 is 1.38 bits per heavy atom. The smallest absolute Gasteiger partial charge is 0.320 e. The quantitative estimate of drug-likeness (QED) is 0.684. The first-order valence-corrected chi connectivity index (χ1v) is 6.13. The fraction of sp³-hybridized carbons (Fsp3) is 0.909. The number of hydroxylamine groups is 1. The first kappa shape index (κ1) is 11.7. The highest BCUT2D eigenvalue weighted by molar-refractivity contribution is 5.73. The maximum absolute atomic E-state index is 11.8. The molecule has 2 aliphatic rings. The van der Waals surface area contributed by atoms with E-state index < -0.39 is 0 Å². The maximum Gasteiger partial charge on any atom is 0.341 e. The molecule has 2 saturated heterocycles. The molecule has 16 heavy (non-hydrogen) atoms. The summed E-state index contributed by atoms with van der Waals surface area (Å²) in [5, 5.41) is 3.36. The van der Waals surface area contributed by atoms with E-state index in [4.69, 9.17) is 4.84 Å². The van der Waals surface area contributed by atoms with Crippen LogP contribution in [0.3, 0.4) is 0 Å². The van der Waals surface area contributed by atoms with Gasteiger partial charge in [-0.15, -0.1) is 0 Å². The second-order valence-electron chi connectivity index (χ2n) is 4.60. The largest absolute Gasteiger partial charge is 0.341 e. The fourth-order valence-corrected chi connectivity index (χ4v) is 2.91. The van der Waals surface area contributed by atoms with Crippen LogP contribution in [0.1, 0.15) is 25.7 Å². The Bertz CT molecular complexity index is 241. The Hall–Kier alpha value is -0.810. The molecule has 0 aromatic heterocycles. The van der Waals surface area contributed by atoms with E-state index in [9.17, 15) is 4.79 Å². The van der Waals surface area contributed by atoms with Gasteiger partial charge in [-0.2, -0.15) is 0 Å². The van der Waals surface area contributed by atoms with Crippen molar-refractivity contribution in [3.05, 3.63) is 0 Å². The van der Waals surface area contributed by atoms with E-state index in [0.29, 0.717) is 12.0 Å². The topological polar surface area (TPSA) is 53.6 Å². The van der Waals surface area contributed by atoms with E-state index in [0.717, 1.165) is 32.5 Å². The molecule has 0 radical (unpaired) electrons. The second kappa shape index (κ2) is 5.50. The average molecular weight is 227 g/mol. The predicted octanol–water partition coefficient (Wildman–Crippen LogP) is 0.721. The Balaban J connectivity index is 1.93. The number of hydrogen-bond donors (Lipinski definition) is 2. The Morgan fingerprint density at radius 3 is 2.81 bits per heavy atom. The number of urea groups is 1. The first-order chi connectivity index (χ1) is 7.83. The van der Waals surface area contributed by atoms with Crippen LogP contribution in [0.5, 0.6) is 0 Å². The number of piperidine rings is 1. The first-order valence-electron chi connectivity index (χ1n) is 6.13. The van der Waals surface area contributed by atoms with Gasteiger partial charge < -0.3 is 10.2 Å². The molecule has 2 N–H and O–H groups in total. The van der Waals surface area contributed by atoms with Crippen molar-refractivity contribution in [3.63, 3.8) is 0 Å². The van der Waals surface area contributed by atoms with Crippen LogP contribution in [-0.4, -0.2) is 43.7 Å². The normalized spacial score (nSPS) is 27.1. The minimum Gasteiger partial charge on any atom is -0.320 e. The number of carbonyl (C=O) groups excluding carboxylic acids is 1. The Morgan fingerprint density at radius 2 is 2.12 bits per heavy atom. The SMILES string of the molecule is CONC(=O)N1CCCC1C1CCNCC1. The van der Waals surface area contributed by atoms with Gasteiger partial charge in [0, 0.05) is 12.6 Å². The summed E-state index contributed by atoms with van der Waals surface area (Å²) in [6, 6.07) is 0.334. The molecule has 0 aromatic carbocycles. The summed E-state index contributed by atoms with van der Waals surface area (Å²) in [4.78, 5) is 18.4. The molecular formula is C11H21N3O2. The van der Waals surface area contributed by atoms with Gasteiger partial charge in [0.05, 0.1) is 7.11 Å². The number of nitrogens with one attached hydrogen (secondary N) is 2. The van der Waals surface area contributed by atoms with Crippen molar-refractivity contribution in [2.24, 2.45) is 5.92 Å². The van der Waals surface area contributed by atoms with Gasteiger partial charge in [-0.3, -0.25) is 4.84 Å². The lowest BCUT2D eigenvalue weighted by Gasteiger charge is -2.34. The minimum absolute atomic E-state index is 0.0801. The number of rotatable bonds is 2. The molecule has 0 aliphatic carbocycles. The third-order valence-electron chi connectivity index (χ3n) is 3.68. The molecule has 2 aliphatic heterocycles. The van der Waals surface area contributed by atoms with Crippen LogP contribution in [0.15, 0.2) is 0 Å². The number of likely N-dealkylation sites (tertiary alicyclic amines) is 1. The molecule has 92 valence electrons. The van der Waals surface area contributed by atoms with Crippen LogP contribution in [0.25, 0.3) is 0 Å². The molecule has 0 spiro atoms. The van der Waals surface area contributed by atoms with Crippen molar-refractivity contribution in [1.82, 2.24) is 15.7 Å². The molecule has 0 saturated carbocycles. The summed E-state index contributed by atoms with van der Waals surface area (Å²) >= 11 is 0. The van der Waals surface area contributed by atoms with Gasteiger partial charge in [-0.25, -0.2) is 10.3 Å².